The Kier molecular flexibility index (Phi) is 4.43. The third-order valence-electron chi connectivity index (χ3n) is 3.80. The Hall–Kier alpha value is -1.26. The summed E-state index contributed by atoms with van der Waals surface area (Å²) < 4.78 is 0.829. The summed E-state index contributed by atoms with van der Waals surface area (Å²) in [5.41, 5.74) is 2.49. The fourth-order valence-corrected chi connectivity index (χ4v) is 3.16. The quantitative estimate of drug-likeness (QED) is 0.860. The molecule has 4 heteroatoms. The lowest BCUT2D eigenvalue weighted by Crippen LogP contribution is -2.34. The molecule has 0 amide bonds. The molecule has 1 fully saturated rings. The summed E-state index contributed by atoms with van der Waals surface area (Å²) >= 11 is 3.41. The van der Waals surface area contributed by atoms with Crippen LogP contribution in [0.4, 0.5) is 0 Å². The van der Waals surface area contributed by atoms with Gasteiger partial charge in [-0.2, -0.15) is 0 Å². The molecule has 1 aliphatic heterocycles. The Bertz CT molecular complexity index is 559. The van der Waals surface area contributed by atoms with Crippen molar-refractivity contribution in [1.29, 1.82) is 0 Å². The van der Waals surface area contributed by atoms with Gasteiger partial charge in [-0.25, -0.2) is 4.98 Å². The molecular formula is C16H18BrN3. The highest BCUT2D eigenvalue weighted by molar-refractivity contribution is 9.10. The standard InChI is InChI=1S/C16H18BrN3/c17-16-10-18-9-15(19-16)14-7-4-8-20(12-14)11-13-5-2-1-3-6-13/h1-3,5-6,9-10,14H,4,7-8,11-12H2. The zero-order chi connectivity index (χ0) is 13.8. The molecule has 104 valence electrons. The molecule has 0 spiro atoms. The van der Waals surface area contributed by atoms with Crippen molar-refractivity contribution in [2.75, 3.05) is 13.1 Å². The van der Waals surface area contributed by atoms with Crippen molar-refractivity contribution in [2.24, 2.45) is 0 Å². The van der Waals surface area contributed by atoms with Gasteiger partial charge in [-0.15, -0.1) is 0 Å². The van der Waals surface area contributed by atoms with Gasteiger partial charge in [-0.3, -0.25) is 9.88 Å². The maximum Gasteiger partial charge on any atom is 0.124 e. The number of nitrogens with zero attached hydrogens (tertiary/aromatic N) is 3. The van der Waals surface area contributed by atoms with Crippen molar-refractivity contribution in [3.05, 3.63) is 58.6 Å². The van der Waals surface area contributed by atoms with E-state index in [1.807, 2.05) is 6.20 Å². The normalized spacial score (nSPS) is 19.9. The van der Waals surface area contributed by atoms with E-state index in [4.69, 9.17) is 0 Å². The van der Waals surface area contributed by atoms with Crippen LogP contribution < -0.4 is 0 Å². The Morgan fingerprint density at radius 1 is 1.20 bits per heavy atom. The van der Waals surface area contributed by atoms with Crippen molar-refractivity contribution < 1.29 is 0 Å². The molecule has 2 heterocycles. The van der Waals surface area contributed by atoms with E-state index in [9.17, 15) is 0 Å². The van der Waals surface area contributed by atoms with Gasteiger partial charge in [-0.1, -0.05) is 30.3 Å². The third-order valence-corrected chi connectivity index (χ3v) is 4.18. The Balaban J connectivity index is 1.67. The summed E-state index contributed by atoms with van der Waals surface area (Å²) in [5.74, 6) is 0.498. The number of halogens is 1. The lowest BCUT2D eigenvalue weighted by atomic mass is 9.94. The minimum Gasteiger partial charge on any atom is -0.298 e. The molecule has 0 saturated carbocycles. The molecular weight excluding hydrogens is 314 g/mol. The van der Waals surface area contributed by atoms with Crippen molar-refractivity contribution in [3.63, 3.8) is 0 Å². The SMILES string of the molecule is Brc1cncc(C2CCCN(Cc3ccccc3)C2)n1. The number of hydrogen-bond acceptors (Lipinski definition) is 3. The van der Waals surface area contributed by atoms with Crippen LogP contribution in [0.25, 0.3) is 0 Å². The minimum atomic E-state index is 0.498. The highest BCUT2D eigenvalue weighted by Crippen LogP contribution is 2.26. The molecule has 1 unspecified atom stereocenters. The van der Waals surface area contributed by atoms with Crippen molar-refractivity contribution in [3.8, 4) is 0 Å². The first kappa shape index (κ1) is 13.7. The molecule has 1 aromatic heterocycles. The first-order valence-corrected chi connectivity index (χ1v) is 7.84. The molecule has 0 radical (unpaired) electrons. The van der Waals surface area contributed by atoms with Crippen LogP contribution in [-0.4, -0.2) is 28.0 Å². The Morgan fingerprint density at radius 3 is 2.85 bits per heavy atom. The molecule has 1 aliphatic rings. The highest BCUT2D eigenvalue weighted by Gasteiger charge is 2.22. The Labute approximate surface area is 128 Å². The Morgan fingerprint density at radius 2 is 2.05 bits per heavy atom. The lowest BCUT2D eigenvalue weighted by Gasteiger charge is -2.32. The zero-order valence-corrected chi connectivity index (χ0v) is 13.0. The number of likely N-dealkylation sites (tertiary alicyclic amines) is 1. The van der Waals surface area contributed by atoms with E-state index in [1.165, 1.54) is 24.9 Å². The fraction of sp³-hybridized carbons (Fsp3) is 0.375. The molecule has 1 aromatic carbocycles. The summed E-state index contributed by atoms with van der Waals surface area (Å²) in [6, 6.07) is 10.7. The van der Waals surface area contributed by atoms with Crippen molar-refractivity contribution in [2.45, 2.75) is 25.3 Å². The maximum atomic E-state index is 4.57. The second-order valence-corrected chi connectivity index (χ2v) is 6.14. The van der Waals surface area contributed by atoms with Gasteiger partial charge < -0.3 is 0 Å². The van der Waals surface area contributed by atoms with E-state index in [2.05, 4.69) is 61.1 Å². The van der Waals surface area contributed by atoms with Gasteiger partial charge in [0.05, 0.1) is 11.9 Å². The first-order chi connectivity index (χ1) is 9.81. The number of hydrogen-bond donors (Lipinski definition) is 0. The van der Waals surface area contributed by atoms with Crippen LogP contribution in [0.15, 0.2) is 47.3 Å². The van der Waals surface area contributed by atoms with E-state index in [0.29, 0.717) is 5.92 Å². The van der Waals surface area contributed by atoms with Crippen LogP contribution in [0.1, 0.15) is 30.0 Å². The molecule has 3 rings (SSSR count). The molecule has 0 bridgehead atoms. The minimum absolute atomic E-state index is 0.498. The average Bonchev–Trinajstić information content (AvgIpc) is 2.49. The molecule has 0 aliphatic carbocycles. The van der Waals surface area contributed by atoms with Crippen LogP contribution in [0.3, 0.4) is 0 Å². The second-order valence-electron chi connectivity index (χ2n) is 5.33. The van der Waals surface area contributed by atoms with E-state index in [-0.39, 0.29) is 0 Å². The van der Waals surface area contributed by atoms with E-state index >= 15 is 0 Å². The molecule has 2 aromatic rings. The van der Waals surface area contributed by atoms with Crippen LogP contribution in [-0.2, 0) is 6.54 Å². The number of piperidine rings is 1. The molecule has 1 atom stereocenters. The fourth-order valence-electron chi connectivity index (χ4n) is 2.84. The maximum absolute atomic E-state index is 4.57. The average molecular weight is 332 g/mol. The van der Waals surface area contributed by atoms with Crippen LogP contribution in [0, 0.1) is 0 Å². The molecule has 0 N–H and O–H groups in total. The molecule has 1 saturated heterocycles. The third kappa shape index (κ3) is 3.44. The number of aromatic nitrogens is 2. The van der Waals surface area contributed by atoms with Crippen LogP contribution >= 0.6 is 15.9 Å². The van der Waals surface area contributed by atoms with Crippen LogP contribution in [0.2, 0.25) is 0 Å². The second kappa shape index (κ2) is 6.46. The lowest BCUT2D eigenvalue weighted by molar-refractivity contribution is 0.198. The summed E-state index contributed by atoms with van der Waals surface area (Å²) in [4.78, 5) is 11.3. The van der Waals surface area contributed by atoms with Gasteiger partial charge in [-0.05, 0) is 40.9 Å². The zero-order valence-electron chi connectivity index (χ0n) is 11.4. The van der Waals surface area contributed by atoms with Gasteiger partial charge in [0.25, 0.3) is 0 Å². The molecule has 20 heavy (non-hydrogen) atoms. The summed E-state index contributed by atoms with van der Waals surface area (Å²) in [6.45, 7) is 3.27. The smallest absolute Gasteiger partial charge is 0.124 e. The predicted molar refractivity (Wildman–Crippen MR) is 83.4 cm³/mol. The monoisotopic (exact) mass is 331 g/mol. The van der Waals surface area contributed by atoms with Gasteiger partial charge in [0, 0.05) is 25.2 Å². The van der Waals surface area contributed by atoms with Gasteiger partial charge in [0.2, 0.25) is 0 Å². The topological polar surface area (TPSA) is 29.0 Å². The summed E-state index contributed by atoms with van der Waals surface area (Å²) in [7, 11) is 0. The van der Waals surface area contributed by atoms with E-state index in [0.717, 1.165) is 23.4 Å². The van der Waals surface area contributed by atoms with Crippen molar-refractivity contribution >= 4 is 15.9 Å². The summed E-state index contributed by atoms with van der Waals surface area (Å²) in [6.07, 6.45) is 6.08. The molecule has 3 nitrogen and oxygen atoms in total. The highest BCUT2D eigenvalue weighted by atomic mass is 79.9. The number of benzene rings is 1. The largest absolute Gasteiger partial charge is 0.298 e. The van der Waals surface area contributed by atoms with Gasteiger partial charge >= 0.3 is 0 Å². The number of rotatable bonds is 3. The van der Waals surface area contributed by atoms with E-state index < -0.39 is 0 Å². The summed E-state index contributed by atoms with van der Waals surface area (Å²) in [5, 5.41) is 0. The van der Waals surface area contributed by atoms with E-state index in [1.54, 1.807) is 6.20 Å². The van der Waals surface area contributed by atoms with Gasteiger partial charge in [0.1, 0.15) is 4.60 Å². The predicted octanol–water partition coefficient (Wildman–Crippen LogP) is 3.62. The van der Waals surface area contributed by atoms with Crippen molar-refractivity contribution in [1.82, 2.24) is 14.9 Å². The van der Waals surface area contributed by atoms with Gasteiger partial charge in [0.15, 0.2) is 0 Å². The first-order valence-electron chi connectivity index (χ1n) is 7.05. The van der Waals surface area contributed by atoms with Crippen LogP contribution in [0.5, 0.6) is 0 Å².